The molecule has 72 valence electrons. The Bertz CT molecular complexity index is 268. The quantitative estimate of drug-likeness (QED) is 0.718. The van der Waals surface area contributed by atoms with Crippen molar-refractivity contribution >= 4 is 0 Å². The molecule has 0 aromatic carbocycles. The molecule has 2 heterocycles. The van der Waals surface area contributed by atoms with Crippen LogP contribution in [0.3, 0.4) is 0 Å². The Kier molecular flexibility index (Phi) is 2.14. The SMILES string of the molecule is CC1(c2ccco2)CC(O)CCO1. The summed E-state index contributed by atoms with van der Waals surface area (Å²) >= 11 is 0. The van der Waals surface area contributed by atoms with Crippen molar-refractivity contribution in [2.45, 2.75) is 31.5 Å². The van der Waals surface area contributed by atoms with Gasteiger partial charge in [0.1, 0.15) is 11.4 Å². The van der Waals surface area contributed by atoms with Crippen molar-refractivity contribution in [3.8, 4) is 0 Å². The number of aliphatic hydroxyl groups is 1. The molecule has 1 aliphatic rings. The highest BCUT2D eigenvalue weighted by atomic mass is 16.5. The third-order valence-corrected chi connectivity index (χ3v) is 2.54. The number of rotatable bonds is 1. The molecule has 2 atom stereocenters. The van der Waals surface area contributed by atoms with E-state index in [1.165, 1.54) is 0 Å². The fourth-order valence-electron chi connectivity index (χ4n) is 1.78. The van der Waals surface area contributed by atoms with Gasteiger partial charge in [-0.25, -0.2) is 0 Å². The molecule has 2 rings (SSSR count). The first-order valence-electron chi connectivity index (χ1n) is 4.57. The van der Waals surface area contributed by atoms with Crippen LogP contribution in [0.1, 0.15) is 25.5 Å². The van der Waals surface area contributed by atoms with Gasteiger partial charge in [-0.2, -0.15) is 0 Å². The molecule has 1 aliphatic heterocycles. The Morgan fingerprint density at radius 1 is 1.62 bits per heavy atom. The standard InChI is InChI=1S/C10H14O3/c1-10(9-3-2-5-12-9)7-8(11)4-6-13-10/h2-3,5,8,11H,4,6-7H2,1H3. The topological polar surface area (TPSA) is 42.6 Å². The lowest BCUT2D eigenvalue weighted by atomic mass is 9.91. The van der Waals surface area contributed by atoms with Crippen LogP contribution in [0.4, 0.5) is 0 Å². The summed E-state index contributed by atoms with van der Waals surface area (Å²) < 4.78 is 10.9. The Hall–Kier alpha value is -0.800. The van der Waals surface area contributed by atoms with Gasteiger partial charge in [-0.15, -0.1) is 0 Å². The van der Waals surface area contributed by atoms with Gasteiger partial charge >= 0.3 is 0 Å². The molecule has 3 nitrogen and oxygen atoms in total. The number of ether oxygens (including phenoxy) is 1. The van der Waals surface area contributed by atoms with Crippen LogP contribution < -0.4 is 0 Å². The van der Waals surface area contributed by atoms with Gasteiger partial charge in [0.2, 0.25) is 0 Å². The summed E-state index contributed by atoms with van der Waals surface area (Å²) in [6, 6.07) is 3.73. The predicted octanol–water partition coefficient (Wildman–Crippen LogP) is 1.67. The minimum absolute atomic E-state index is 0.274. The van der Waals surface area contributed by atoms with Crippen molar-refractivity contribution in [2.75, 3.05) is 6.61 Å². The highest BCUT2D eigenvalue weighted by Gasteiger charge is 2.36. The van der Waals surface area contributed by atoms with Gasteiger partial charge in [0.15, 0.2) is 0 Å². The number of furan rings is 1. The van der Waals surface area contributed by atoms with E-state index in [0.29, 0.717) is 13.0 Å². The van der Waals surface area contributed by atoms with E-state index < -0.39 is 5.60 Å². The van der Waals surface area contributed by atoms with Crippen molar-refractivity contribution in [3.05, 3.63) is 24.2 Å². The van der Waals surface area contributed by atoms with Crippen LogP contribution in [0.25, 0.3) is 0 Å². The molecule has 1 fully saturated rings. The highest BCUT2D eigenvalue weighted by molar-refractivity contribution is 5.09. The van der Waals surface area contributed by atoms with E-state index in [0.717, 1.165) is 12.2 Å². The minimum atomic E-state index is -0.443. The Labute approximate surface area is 77.3 Å². The zero-order chi connectivity index (χ0) is 9.31. The lowest BCUT2D eigenvalue weighted by molar-refractivity contribution is -0.122. The summed E-state index contributed by atoms with van der Waals surface area (Å²) in [7, 11) is 0. The van der Waals surface area contributed by atoms with Gasteiger partial charge in [0.05, 0.1) is 19.0 Å². The third-order valence-electron chi connectivity index (χ3n) is 2.54. The first-order valence-corrected chi connectivity index (χ1v) is 4.57. The van der Waals surface area contributed by atoms with Crippen molar-refractivity contribution in [3.63, 3.8) is 0 Å². The van der Waals surface area contributed by atoms with Crippen LogP contribution in [0.2, 0.25) is 0 Å². The normalized spacial score (nSPS) is 34.8. The lowest BCUT2D eigenvalue weighted by Crippen LogP contribution is -2.36. The smallest absolute Gasteiger partial charge is 0.135 e. The summed E-state index contributed by atoms with van der Waals surface area (Å²) in [5.74, 6) is 0.797. The molecule has 0 spiro atoms. The molecule has 0 saturated carbocycles. The molecule has 0 amide bonds. The second-order valence-electron chi connectivity index (χ2n) is 3.70. The lowest BCUT2D eigenvalue weighted by Gasteiger charge is -2.34. The van der Waals surface area contributed by atoms with Gasteiger partial charge in [0.25, 0.3) is 0 Å². The first kappa shape index (κ1) is 8.78. The highest BCUT2D eigenvalue weighted by Crippen LogP contribution is 2.34. The second kappa shape index (κ2) is 3.16. The van der Waals surface area contributed by atoms with Crippen molar-refractivity contribution in [1.82, 2.24) is 0 Å². The number of aliphatic hydroxyl groups excluding tert-OH is 1. The van der Waals surface area contributed by atoms with E-state index in [-0.39, 0.29) is 6.10 Å². The van der Waals surface area contributed by atoms with Gasteiger partial charge < -0.3 is 14.3 Å². The molecular formula is C10H14O3. The molecule has 0 aliphatic carbocycles. The molecule has 0 bridgehead atoms. The van der Waals surface area contributed by atoms with E-state index >= 15 is 0 Å². The summed E-state index contributed by atoms with van der Waals surface area (Å²) in [4.78, 5) is 0. The molecule has 0 radical (unpaired) electrons. The van der Waals surface area contributed by atoms with Gasteiger partial charge in [-0.1, -0.05) is 0 Å². The maximum absolute atomic E-state index is 9.52. The molecule has 1 saturated heterocycles. The molecule has 1 aromatic rings. The van der Waals surface area contributed by atoms with Crippen LogP contribution in [0.5, 0.6) is 0 Å². The van der Waals surface area contributed by atoms with Crippen molar-refractivity contribution in [2.24, 2.45) is 0 Å². The van der Waals surface area contributed by atoms with E-state index in [9.17, 15) is 5.11 Å². The molecule has 13 heavy (non-hydrogen) atoms. The summed E-state index contributed by atoms with van der Waals surface area (Å²) in [5.41, 5.74) is -0.443. The Balaban J connectivity index is 2.20. The maximum atomic E-state index is 9.52. The van der Waals surface area contributed by atoms with Crippen LogP contribution >= 0.6 is 0 Å². The van der Waals surface area contributed by atoms with Crippen molar-refractivity contribution in [1.29, 1.82) is 0 Å². The minimum Gasteiger partial charge on any atom is -0.466 e. The van der Waals surface area contributed by atoms with E-state index in [1.54, 1.807) is 6.26 Å². The van der Waals surface area contributed by atoms with Crippen molar-refractivity contribution < 1.29 is 14.3 Å². The fourth-order valence-corrected chi connectivity index (χ4v) is 1.78. The van der Waals surface area contributed by atoms with E-state index in [4.69, 9.17) is 9.15 Å². The monoisotopic (exact) mass is 182 g/mol. The average molecular weight is 182 g/mol. The maximum Gasteiger partial charge on any atom is 0.135 e. The van der Waals surface area contributed by atoms with Gasteiger partial charge in [0, 0.05) is 6.42 Å². The average Bonchev–Trinajstić information content (AvgIpc) is 2.55. The largest absolute Gasteiger partial charge is 0.466 e. The van der Waals surface area contributed by atoms with Crippen LogP contribution in [-0.4, -0.2) is 17.8 Å². The molecule has 1 N–H and O–H groups in total. The Morgan fingerprint density at radius 3 is 3.08 bits per heavy atom. The zero-order valence-electron chi connectivity index (χ0n) is 7.69. The third kappa shape index (κ3) is 1.62. The van der Waals surface area contributed by atoms with Crippen LogP contribution in [0, 0.1) is 0 Å². The van der Waals surface area contributed by atoms with Crippen LogP contribution in [0.15, 0.2) is 22.8 Å². The fraction of sp³-hybridized carbons (Fsp3) is 0.600. The second-order valence-corrected chi connectivity index (χ2v) is 3.70. The van der Waals surface area contributed by atoms with E-state index in [1.807, 2.05) is 19.1 Å². The zero-order valence-corrected chi connectivity index (χ0v) is 7.69. The molecule has 3 heteroatoms. The van der Waals surface area contributed by atoms with Crippen LogP contribution in [-0.2, 0) is 10.3 Å². The summed E-state index contributed by atoms with van der Waals surface area (Å²) in [6.07, 6.45) is 2.69. The summed E-state index contributed by atoms with van der Waals surface area (Å²) in [6.45, 7) is 2.55. The molecular weight excluding hydrogens is 168 g/mol. The van der Waals surface area contributed by atoms with Gasteiger partial charge in [-0.05, 0) is 25.5 Å². The molecule has 2 unspecified atom stereocenters. The number of hydrogen-bond donors (Lipinski definition) is 1. The number of hydrogen-bond acceptors (Lipinski definition) is 3. The Morgan fingerprint density at radius 2 is 2.46 bits per heavy atom. The summed E-state index contributed by atoms with van der Waals surface area (Å²) in [5, 5.41) is 9.52. The first-order chi connectivity index (χ1) is 6.21. The van der Waals surface area contributed by atoms with E-state index in [2.05, 4.69) is 0 Å². The molecule has 1 aromatic heterocycles. The van der Waals surface area contributed by atoms with Gasteiger partial charge in [-0.3, -0.25) is 0 Å². The predicted molar refractivity (Wildman–Crippen MR) is 47.3 cm³/mol.